The van der Waals surface area contributed by atoms with Gasteiger partial charge >= 0.3 is 6.18 Å². The minimum Gasteiger partial charge on any atom is -0.383 e. The summed E-state index contributed by atoms with van der Waals surface area (Å²) in [6.07, 6.45) is -3.14. The highest BCUT2D eigenvalue weighted by Gasteiger charge is 2.33. The van der Waals surface area contributed by atoms with Crippen LogP contribution in [-0.4, -0.2) is 11.2 Å². The molecule has 0 saturated carbocycles. The van der Waals surface area contributed by atoms with Gasteiger partial charge < -0.3 is 5.73 Å². The van der Waals surface area contributed by atoms with Crippen LogP contribution in [-0.2, 0) is 6.18 Å². The van der Waals surface area contributed by atoms with Crippen LogP contribution in [0.1, 0.15) is 11.1 Å². The third kappa shape index (κ3) is 3.48. The number of nitrogens with zero attached hydrogens (tertiary/aromatic N) is 2. The molecule has 0 amide bonds. The van der Waals surface area contributed by atoms with E-state index >= 15 is 0 Å². The first-order chi connectivity index (χ1) is 9.38. The maximum Gasteiger partial charge on any atom is 0.417 e. The second kappa shape index (κ2) is 5.80. The number of alkyl halides is 3. The van der Waals surface area contributed by atoms with E-state index in [0.29, 0.717) is 16.5 Å². The smallest absolute Gasteiger partial charge is 0.383 e. The van der Waals surface area contributed by atoms with Gasteiger partial charge in [-0.3, -0.25) is 5.43 Å². The number of rotatable bonds is 3. The average Bonchev–Trinajstić information content (AvgIpc) is 2.76. The van der Waals surface area contributed by atoms with Crippen LogP contribution in [0.3, 0.4) is 0 Å². The van der Waals surface area contributed by atoms with Crippen molar-refractivity contribution in [1.29, 1.82) is 0 Å². The molecule has 2 aromatic rings. The zero-order valence-electron chi connectivity index (χ0n) is 9.78. The SMILES string of the molecule is Nc1csc(NN=Cc2cccc(C(F)(F)F)c2Br)n1. The van der Waals surface area contributed by atoms with Crippen molar-refractivity contribution < 1.29 is 13.2 Å². The van der Waals surface area contributed by atoms with Crippen LogP contribution in [0.5, 0.6) is 0 Å². The quantitative estimate of drug-likeness (QED) is 0.640. The summed E-state index contributed by atoms with van der Waals surface area (Å²) in [4.78, 5) is 3.90. The van der Waals surface area contributed by atoms with Crippen LogP contribution in [0, 0.1) is 0 Å². The van der Waals surface area contributed by atoms with E-state index < -0.39 is 11.7 Å². The first-order valence-corrected chi connectivity index (χ1v) is 6.91. The molecule has 0 fully saturated rings. The number of nitrogen functional groups attached to an aromatic ring is 1. The fourth-order valence-corrected chi connectivity index (χ4v) is 2.50. The first kappa shape index (κ1) is 14.8. The Morgan fingerprint density at radius 3 is 2.75 bits per heavy atom. The molecule has 106 valence electrons. The Labute approximate surface area is 124 Å². The molecule has 20 heavy (non-hydrogen) atoms. The number of anilines is 2. The van der Waals surface area contributed by atoms with Crippen LogP contribution in [0.15, 0.2) is 33.2 Å². The minimum atomic E-state index is -4.42. The molecule has 0 saturated heterocycles. The highest BCUT2D eigenvalue weighted by molar-refractivity contribution is 9.10. The van der Waals surface area contributed by atoms with Crippen LogP contribution >= 0.6 is 27.3 Å². The van der Waals surface area contributed by atoms with Gasteiger partial charge in [-0.25, -0.2) is 4.98 Å². The first-order valence-electron chi connectivity index (χ1n) is 5.23. The summed E-state index contributed by atoms with van der Waals surface area (Å²) in [7, 11) is 0. The summed E-state index contributed by atoms with van der Waals surface area (Å²) in [6.45, 7) is 0. The van der Waals surface area contributed by atoms with Crippen molar-refractivity contribution in [3.63, 3.8) is 0 Å². The summed E-state index contributed by atoms with van der Waals surface area (Å²) < 4.78 is 38.1. The van der Waals surface area contributed by atoms with Gasteiger partial charge in [0.25, 0.3) is 0 Å². The predicted molar refractivity (Wildman–Crippen MR) is 76.9 cm³/mol. The van der Waals surface area contributed by atoms with Gasteiger partial charge in [0.1, 0.15) is 5.82 Å². The Hall–Kier alpha value is -1.61. The van der Waals surface area contributed by atoms with Crippen molar-refractivity contribution in [2.45, 2.75) is 6.18 Å². The fraction of sp³-hybridized carbons (Fsp3) is 0.0909. The maximum atomic E-state index is 12.7. The Morgan fingerprint density at radius 2 is 2.15 bits per heavy atom. The number of benzene rings is 1. The molecule has 4 nitrogen and oxygen atoms in total. The van der Waals surface area contributed by atoms with E-state index in [1.165, 1.54) is 29.7 Å². The third-order valence-electron chi connectivity index (χ3n) is 2.22. The van der Waals surface area contributed by atoms with Crippen LogP contribution in [0.2, 0.25) is 0 Å². The number of thiazole rings is 1. The van der Waals surface area contributed by atoms with E-state index in [2.05, 4.69) is 31.4 Å². The molecule has 0 aliphatic rings. The van der Waals surface area contributed by atoms with Gasteiger partial charge in [-0.15, -0.1) is 11.3 Å². The number of nitrogens with two attached hydrogens (primary N) is 1. The Balaban J connectivity index is 2.17. The predicted octanol–water partition coefficient (Wildman–Crippen LogP) is 3.95. The van der Waals surface area contributed by atoms with E-state index in [9.17, 15) is 13.2 Å². The van der Waals surface area contributed by atoms with Gasteiger partial charge in [0, 0.05) is 15.4 Å². The third-order valence-corrected chi connectivity index (χ3v) is 3.87. The van der Waals surface area contributed by atoms with Gasteiger partial charge in [-0.2, -0.15) is 18.3 Å². The molecular weight excluding hydrogens is 357 g/mol. The minimum absolute atomic E-state index is 0.0586. The van der Waals surface area contributed by atoms with Gasteiger partial charge in [0.15, 0.2) is 0 Å². The monoisotopic (exact) mass is 364 g/mol. The largest absolute Gasteiger partial charge is 0.417 e. The lowest BCUT2D eigenvalue weighted by Crippen LogP contribution is -2.07. The van der Waals surface area contributed by atoms with Crippen molar-refractivity contribution in [1.82, 2.24) is 4.98 Å². The van der Waals surface area contributed by atoms with Crippen LogP contribution in [0.4, 0.5) is 24.1 Å². The maximum absolute atomic E-state index is 12.7. The Morgan fingerprint density at radius 1 is 1.40 bits per heavy atom. The number of hydrogen-bond donors (Lipinski definition) is 2. The molecule has 0 radical (unpaired) electrons. The van der Waals surface area contributed by atoms with E-state index in [4.69, 9.17) is 5.73 Å². The number of halogens is 4. The highest BCUT2D eigenvalue weighted by atomic mass is 79.9. The molecule has 3 N–H and O–H groups in total. The van der Waals surface area contributed by atoms with Crippen molar-refractivity contribution in [2.24, 2.45) is 5.10 Å². The highest BCUT2D eigenvalue weighted by Crippen LogP contribution is 2.35. The summed E-state index contributed by atoms with van der Waals surface area (Å²) in [5, 5.41) is 5.91. The van der Waals surface area contributed by atoms with Gasteiger partial charge in [0.2, 0.25) is 5.13 Å². The zero-order chi connectivity index (χ0) is 14.8. The topological polar surface area (TPSA) is 63.3 Å². The Bertz CT molecular complexity index is 639. The van der Waals surface area contributed by atoms with E-state index in [1.807, 2.05) is 0 Å². The lowest BCUT2D eigenvalue weighted by Gasteiger charge is -2.10. The average molecular weight is 365 g/mol. The second-order valence-corrected chi connectivity index (χ2v) is 5.31. The van der Waals surface area contributed by atoms with Crippen molar-refractivity contribution in [3.05, 3.63) is 39.2 Å². The van der Waals surface area contributed by atoms with Crippen molar-refractivity contribution in [2.75, 3.05) is 11.2 Å². The number of hydrazone groups is 1. The van der Waals surface area contributed by atoms with Gasteiger partial charge in [-0.05, 0) is 22.0 Å². The second-order valence-electron chi connectivity index (χ2n) is 3.65. The fourth-order valence-electron chi connectivity index (χ4n) is 1.36. The lowest BCUT2D eigenvalue weighted by atomic mass is 10.1. The van der Waals surface area contributed by atoms with E-state index in [1.54, 1.807) is 5.38 Å². The molecule has 9 heteroatoms. The molecule has 0 aliphatic carbocycles. The Kier molecular flexibility index (Phi) is 4.29. The molecule has 0 unspecified atom stereocenters. The zero-order valence-corrected chi connectivity index (χ0v) is 12.2. The summed E-state index contributed by atoms with van der Waals surface area (Å²) in [6, 6.07) is 3.83. The van der Waals surface area contributed by atoms with Crippen molar-refractivity contribution in [3.8, 4) is 0 Å². The molecule has 0 spiro atoms. The molecular formula is C11H8BrF3N4S. The molecule has 0 aliphatic heterocycles. The number of aromatic nitrogens is 1. The van der Waals surface area contributed by atoms with Gasteiger partial charge in [-0.1, -0.05) is 12.1 Å². The number of hydrogen-bond acceptors (Lipinski definition) is 5. The molecule has 0 atom stereocenters. The standard InChI is InChI=1S/C11H8BrF3N4S/c12-9-6(2-1-3-7(9)11(13,14)15)4-17-19-10-18-8(16)5-20-10/h1-5H,16H2,(H,18,19). The number of nitrogens with one attached hydrogen (secondary N) is 1. The lowest BCUT2D eigenvalue weighted by molar-refractivity contribution is -0.138. The van der Waals surface area contributed by atoms with Crippen molar-refractivity contribution >= 4 is 44.4 Å². The van der Waals surface area contributed by atoms with E-state index in [-0.39, 0.29) is 4.47 Å². The summed E-state index contributed by atoms with van der Waals surface area (Å²) in [5.74, 6) is 0.355. The molecule has 2 rings (SSSR count). The summed E-state index contributed by atoms with van der Waals surface area (Å²) in [5.41, 5.74) is 7.57. The normalized spacial score (nSPS) is 12.0. The van der Waals surface area contributed by atoms with Crippen LogP contribution < -0.4 is 11.2 Å². The summed E-state index contributed by atoms with van der Waals surface area (Å²) >= 11 is 4.18. The molecule has 0 bridgehead atoms. The van der Waals surface area contributed by atoms with E-state index in [0.717, 1.165) is 6.07 Å². The molecule has 1 heterocycles. The van der Waals surface area contributed by atoms with Gasteiger partial charge in [0.05, 0.1) is 11.8 Å². The molecule has 1 aromatic carbocycles. The van der Waals surface area contributed by atoms with Crippen LogP contribution in [0.25, 0.3) is 0 Å². The molecule has 1 aromatic heterocycles.